The lowest BCUT2D eigenvalue weighted by atomic mass is 9.70. The van der Waals surface area contributed by atoms with Gasteiger partial charge in [0.05, 0.1) is 0 Å². The first-order valence-electron chi connectivity index (χ1n) is 24.3. The summed E-state index contributed by atoms with van der Waals surface area (Å²) in [6.07, 6.45) is 43.3. The molecule has 1 nitrogen and oxygen atoms in total. The highest BCUT2D eigenvalue weighted by molar-refractivity contribution is 5.27. The molecule has 55 heavy (non-hydrogen) atoms. The Hall–Kier alpha value is -2.12. The molecule has 0 N–H and O–H groups in total. The molecule has 2 unspecified atom stereocenters. The first kappa shape index (κ1) is 42.5. The molecule has 0 bridgehead atoms. The molecular weight excluding hydrogens is 665 g/mol. The largest absolute Gasteiger partial charge is 0.381 e. The van der Waals surface area contributed by atoms with Gasteiger partial charge in [-0.05, 0) is 212 Å². The highest BCUT2D eigenvalue weighted by Crippen LogP contribution is 2.44. The van der Waals surface area contributed by atoms with E-state index >= 15 is 0 Å². The van der Waals surface area contributed by atoms with E-state index in [0.717, 1.165) is 48.7 Å². The summed E-state index contributed by atoms with van der Waals surface area (Å²) in [4.78, 5) is 0. The van der Waals surface area contributed by atoms with Gasteiger partial charge in [0.1, 0.15) is 0 Å². The molecule has 4 aliphatic carbocycles. The number of aryl methyl sites for hydroxylation is 2. The van der Waals surface area contributed by atoms with Gasteiger partial charge in [-0.2, -0.15) is 0 Å². The number of allylic oxidation sites excluding steroid dienone is 4. The molecule has 2 saturated carbocycles. The summed E-state index contributed by atoms with van der Waals surface area (Å²) >= 11 is 0. The molecule has 0 saturated heterocycles. The van der Waals surface area contributed by atoms with Crippen molar-refractivity contribution in [3.8, 4) is 0 Å². The second-order valence-corrected chi connectivity index (χ2v) is 18.9. The molecule has 0 radical (unpaired) electrons. The Bertz CT molecular complexity index is 1270. The maximum absolute atomic E-state index is 6.06. The van der Waals surface area contributed by atoms with E-state index < -0.39 is 0 Å². The second kappa shape index (κ2) is 24.0. The third kappa shape index (κ3) is 14.0. The van der Waals surface area contributed by atoms with E-state index in [9.17, 15) is 0 Å². The van der Waals surface area contributed by atoms with Crippen LogP contribution >= 0.6 is 0 Å². The summed E-state index contributed by atoms with van der Waals surface area (Å²) in [7, 11) is 0. The van der Waals surface area contributed by atoms with E-state index in [4.69, 9.17) is 4.74 Å². The van der Waals surface area contributed by atoms with E-state index in [1.165, 1.54) is 191 Å². The minimum atomic E-state index is 0.804. The van der Waals surface area contributed by atoms with E-state index in [1.54, 1.807) is 22.3 Å². The van der Waals surface area contributed by atoms with Crippen LogP contribution in [0.2, 0.25) is 0 Å². The number of ether oxygens (including phenoxy) is 1. The van der Waals surface area contributed by atoms with Crippen molar-refractivity contribution in [3.63, 3.8) is 0 Å². The third-order valence-electron chi connectivity index (χ3n) is 15.1. The zero-order valence-electron chi connectivity index (χ0n) is 35.9. The number of benzene rings is 2. The van der Waals surface area contributed by atoms with Crippen molar-refractivity contribution in [2.24, 2.45) is 23.7 Å². The second-order valence-electron chi connectivity index (χ2n) is 18.9. The SMILES string of the molecule is CCCCc1ccc(C2CCC(C3CC=C(CCCCCOCCCCCC4=CCC(C5CCC(c6ccc(CCCC)cc6)CC5)CC4)CC3)CC2)cc1. The van der Waals surface area contributed by atoms with Gasteiger partial charge in [-0.1, -0.05) is 111 Å². The molecule has 0 aliphatic heterocycles. The first-order valence-corrected chi connectivity index (χ1v) is 24.3. The van der Waals surface area contributed by atoms with E-state index in [1.807, 2.05) is 0 Å². The maximum Gasteiger partial charge on any atom is 0.0466 e. The minimum Gasteiger partial charge on any atom is -0.381 e. The lowest BCUT2D eigenvalue weighted by Gasteiger charge is -2.35. The number of unbranched alkanes of at least 4 members (excludes halogenated alkanes) is 6. The van der Waals surface area contributed by atoms with Crippen molar-refractivity contribution in [3.05, 3.63) is 94.1 Å². The quantitative estimate of drug-likeness (QED) is 0.0861. The van der Waals surface area contributed by atoms with Crippen LogP contribution in [0.4, 0.5) is 0 Å². The van der Waals surface area contributed by atoms with Crippen molar-refractivity contribution in [2.45, 2.75) is 205 Å². The molecule has 0 amide bonds. The normalized spacial score (nSPS) is 26.1. The molecule has 2 aromatic rings. The van der Waals surface area contributed by atoms with Gasteiger partial charge in [-0.15, -0.1) is 0 Å². The summed E-state index contributed by atoms with van der Waals surface area (Å²) in [5.74, 6) is 5.45. The van der Waals surface area contributed by atoms with Gasteiger partial charge in [0, 0.05) is 13.2 Å². The van der Waals surface area contributed by atoms with Crippen molar-refractivity contribution in [2.75, 3.05) is 13.2 Å². The predicted octanol–water partition coefficient (Wildman–Crippen LogP) is 16.2. The van der Waals surface area contributed by atoms with Crippen LogP contribution in [0, 0.1) is 23.7 Å². The topological polar surface area (TPSA) is 9.23 Å². The fourth-order valence-electron chi connectivity index (χ4n) is 11.2. The van der Waals surface area contributed by atoms with Crippen LogP contribution < -0.4 is 0 Å². The average Bonchev–Trinajstić information content (AvgIpc) is 3.25. The van der Waals surface area contributed by atoms with Crippen LogP contribution in [-0.2, 0) is 17.6 Å². The maximum atomic E-state index is 6.06. The lowest BCUT2D eigenvalue weighted by molar-refractivity contribution is 0.126. The molecule has 1 heteroatoms. The van der Waals surface area contributed by atoms with Gasteiger partial charge in [0.2, 0.25) is 0 Å². The van der Waals surface area contributed by atoms with Crippen LogP contribution in [0.15, 0.2) is 71.8 Å². The molecule has 4 aliphatic rings. The smallest absolute Gasteiger partial charge is 0.0466 e. The van der Waals surface area contributed by atoms with Gasteiger partial charge in [0.15, 0.2) is 0 Å². The van der Waals surface area contributed by atoms with Crippen molar-refractivity contribution in [1.82, 2.24) is 0 Å². The zero-order valence-corrected chi connectivity index (χ0v) is 35.9. The highest BCUT2D eigenvalue weighted by Gasteiger charge is 2.30. The van der Waals surface area contributed by atoms with E-state index in [0.29, 0.717) is 0 Å². The summed E-state index contributed by atoms with van der Waals surface area (Å²) in [6, 6.07) is 19.4. The minimum absolute atomic E-state index is 0.804. The Labute approximate surface area is 340 Å². The van der Waals surface area contributed by atoms with E-state index in [-0.39, 0.29) is 0 Å². The molecule has 2 fully saturated rings. The van der Waals surface area contributed by atoms with Gasteiger partial charge in [-0.3, -0.25) is 0 Å². The van der Waals surface area contributed by atoms with Gasteiger partial charge < -0.3 is 4.74 Å². The monoisotopic (exact) mass is 747 g/mol. The zero-order chi connectivity index (χ0) is 37.9. The van der Waals surface area contributed by atoms with Crippen LogP contribution in [0.1, 0.15) is 215 Å². The van der Waals surface area contributed by atoms with Gasteiger partial charge in [-0.25, -0.2) is 0 Å². The molecule has 304 valence electrons. The Morgan fingerprint density at radius 1 is 0.418 bits per heavy atom. The molecule has 0 heterocycles. The van der Waals surface area contributed by atoms with E-state index in [2.05, 4.69) is 74.5 Å². The molecular formula is C54H82O. The average molecular weight is 747 g/mol. The van der Waals surface area contributed by atoms with Gasteiger partial charge >= 0.3 is 0 Å². The van der Waals surface area contributed by atoms with Crippen molar-refractivity contribution < 1.29 is 4.74 Å². The summed E-state index contributed by atoms with van der Waals surface area (Å²) in [5.41, 5.74) is 9.79. The Morgan fingerprint density at radius 2 is 0.836 bits per heavy atom. The third-order valence-corrected chi connectivity index (χ3v) is 15.1. The van der Waals surface area contributed by atoms with Crippen LogP contribution in [0.25, 0.3) is 0 Å². The molecule has 0 spiro atoms. The number of rotatable bonds is 22. The standard InChI is InChI=1S/C54H82O/c1-3-5-13-43-17-25-47(26-18-43)51-33-37-53(38-34-51)49-29-21-45(22-30-49)15-9-7-11-41-55-42-12-8-10-16-46-23-31-50(32-24-46)54-39-35-52(36-40-54)48-27-19-44(20-28-48)14-6-4-2/h17-21,23,25-28,49-54H,3-16,22,24,29-42H2,1-2H3. The van der Waals surface area contributed by atoms with Crippen LogP contribution in [-0.4, -0.2) is 13.2 Å². The summed E-state index contributed by atoms with van der Waals surface area (Å²) in [5, 5.41) is 0. The van der Waals surface area contributed by atoms with Crippen LogP contribution in [0.3, 0.4) is 0 Å². The Balaban J connectivity index is 0.729. The highest BCUT2D eigenvalue weighted by atomic mass is 16.5. The van der Waals surface area contributed by atoms with Crippen LogP contribution in [0.5, 0.6) is 0 Å². The predicted molar refractivity (Wildman–Crippen MR) is 238 cm³/mol. The first-order chi connectivity index (χ1) is 27.2. The Kier molecular flexibility index (Phi) is 18.5. The van der Waals surface area contributed by atoms with Gasteiger partial charge in [0.25, 0.3) is 0 Å². The molecule has 0 aromatic heterocycles. The van der Waals surface area contributed by atoms with Crippen molar-refractivity contribution >= 4 is 0 Å². The summed E-state index contributed by atoms with van der Waals surface area (Å²) < 4.78 is 6.06. The summed E-state index contributed by atoms with van der Waals surface area (Å²) in [6.45, 7) is 6.51. The fraction of sp³-hybridized carbons (Fsp3) is 0.704. The van der Waals surface area contributed by atoms with Crippen molar-refractivity contribution in [1.29, 1.82) is 0 Å². The fourth-order valence-corrected chi connectivity index (χ4v) is 11.2. The molecule has 6 rings (SSSR count). The number of hydrogen-bond donors (Lipinski definition) is 0. The number of hydrogen-bond acceptors (Lipinski definition) is 1. The molecule has 2 aromatic carbocycles. The Morgan fingerprint density at radius 3 is 1.20 bits per heavy atom. The molecule has 2 atom stereocenters. The lowest BCUT2D eigenvalue weighted by Crippen LogP contribution is -2.22.